The van der Waals surface area contributed by atoms with Gasteiger partial charge in [0.2, 0.25) is 11.2 Å². The largest absolute Gasteiger partial charge is 0.469 e. The van der Waals surface area contributed by atoms with E-state index in [0.717, 1.165) is 0 Å². The number of aromatic nitrogens is 4. The number of hydrogen-bond acceptors (Lipinski definition) is 7. The minimum Gasteiger partial charge on any atom is -0.469 e. The van der Waals surface area contributed by atoms with E-state index >= 15 is 0 Å². The summed E-state index contributed by atoms with van der Waals surface area (Å²) < 4.78 is 12.4. The average Bonchev–Trinajstić information content (AvgIpc) is 2.82. The van der Waals surface area contributed by atoms with E-state index in [0.29, 0.717) is 12.4 Å². The lowest BCUT2D eigenvalue weighted by Gasteiger charge is -2.22. The molecule has 9 nitrogen and oxygen atoms in total. The van der Waals surface area contributed by atoms with Crippen molar-refractivity contribution in [2.45, 2.75) is 12.6 Å². The molecule has 104 valence electrons. The second kappa shape index (κ2) is 4.93. The molecular formula is C10H8ClN5O4. The molecule has 2 aromatic rings. The molecule has 20 heavy (non-hydrogen) atoms. The molecule has 1 atom stereocenters. The topological polar surface area (TPSA) is 105 Å². The van der Waals surface area contributed by atoms with Gasteiger partial charge in [-0.05, 0) is 16.5 Å². The first-order valence-corrected chi connectivity index (χ1v) is 5.99. The van der Waals surface area contributed by atoms with E-state index in [9.17, 15) is 10.1 Å². The van der Waals surface area contributed by atoms with Crippen LogP contribution in [0.4, 0.5) is 5.82 Å². The van der Waals surface area contributed by atoms with E-state index in [1.54, 1.807) is 6.07 Å². The minimum absolute atomic E-state index is 0.0817. The number of fused-ring (bicyclic) bond motifs is 1. The van der Waals surface area contributed by atoms with Crippen molar-refractivity contribution in [2.24, 2.45) is 0 Å². The number of nitro groups is 1. The Bertz CT molecular complexity index is 661. The molecule has 3 heterocycles. The van der Waals surface area contributed by atoms with Crippen LogP contribution in [0.2, 0.25) is 5.28 Å². The maximum Gasteiger partial charge on any atom is 0.414 e. The molecule has 0 fully saturated rings. The van der Waals surface area contributed by atoms with Crippen LogP contribution in [-0.2, 0) is 6.54 Å². The minimum atomic E-state index is -0.575. The van der Waals surface area contributed by atoms with Crippen LogP contribution < -0.4 is 9.47 Å². The van der Waals surface area contributed by atoms with Crippen molar-refractivity contribution in [3.63, 3.8) is 0 Å². The molecular weight excluding hydrogens is 290 g/mol. The van der Waals surface area contributed by atoms with Gasteiger partial charge in [0, 0.05) is 17.2 Å². The Kier molecular flexibility index (Phi) is 3.11. The Morgan fingerprint density at radius 3 is 3.15 bits per heavy atom. The zero-order valence-corrected chi connectivity index (χ0v) is 10.7. The second-order valence-electron chi connectivity index (χ2n) is 4.01. The first kappa shape index (κ1) is 12.6. The monoisotopic (exact) mass is 297 g/mol. The number of hydrogen-bond donors (Lipinski definition) is 0. The third-order valence-corrected chi connectivity index (χ3v) is 2.78. The van der Waals surface area contributed by atoms with Gasteiger partial charge in [0.05, 0.1) is 6.54 Å². The van der Waals surface area contributed by atoms with Crippen molar-refractivity contribution in [2.75, 3.05) is 6.61 Å². The highest BCUT2D eigenvalue weighted by Gasteiger charge is 2.29. The van der Waals surface area contributed by atoms with E-state index in [2.05, 4.69) is 15.0 Å². The predicted molar refractivity (Wildman–Crippen MR) is 65.8 cm³/mol. The van der Waals surface area contributed by atoms with Gasteiger partial charge in [0.1, 0.15) is 12.8 Å². The summed E-state index contributed by atoms with van der Waals surface area (Å²) in [6, 6.07) is 1.77. The van der Waals surface area contributed by atoms with Gasteiger partial charge < -0.3 is 19.6 Å². The Labute approximate surface area is 117 Å². The lowest BCUT2D eigenvalue weighted by Crippen LogP contribution is -2.34. The van der Waals surface area contributed by atoms with Crippen LogP contribution >= 0.6 is 11.6 Å². The molecule has 0 amide bonds. The van der Waals surface area contributed by atoms with Gasteiger partial charge in [0.15, 0.2) is 6.10 Å². The fourth-order valence-electron chi connectivity index (χ4n) is 1.79. The normalized spacial score (nSPS) is 17.1. The molecule has 0 spiro atoms. The lowest BCUT2D eigenvalue weighted by molar-refractivity contribution is -0.389. The summed E-state index contributed by atoms with van der Waals surface area (Å²) in [6.45, 7) is 0.591. The van der Waals surface area contributed by atoms with Crippen LogP contribution in [0.15, 0.2) is 18.5 Å². The molecule has 0 saturated heterocycles. The molecule has 0 bridgehead atoms. The molecule has 2 aromatic heterocycles. The summed E-state index contributed by atoms with van der Waals surface area (Å²) in [5, 5.41) is 10.7. The number of halogens is 1. The van der Waals surface area contributed by atoms with E-state index in [4.69, 9.17) is 21.1 Å². The third-order valence-electron chi connectivity index (χ3n) is 2.60. The molecule has 1 unspecified atom stereocenters. The highest BCUT2D eigenvalue weighted by Crippen LogP contribution is 2.23. The molecule has 0 aliphatic carbocycles. The maximum absolute atomic E-state index is 10.6. The standard InChI is InChI=1S/C10H8ClN5O4/c11-9-12-2-1-8(14-9)20-6-3-15-4-7(16(17)18)13-10(15)19-5-6/h1-2,4,6H,3,5H2. The number of ether oxygens (including phenoxy) is 2. The van der Waals surface area contributed by atoms with Gasteiger partial charge in [0.25, 0.3) is 0 Å². The Balaban J connectivity index is 1.73. The van der Waals surface area contributed by atoms with Crippen LogP contribution in [0.25, 0.3) is 0 Å². The van der Waals surface area contributed by atoms with E-state index in [1.807, 2.05) is 0 Å². The summed E-state index contributed by atoms with van der Waals surface area (Å²) in [6.07, 6.45) is 2.43. The predicted octanol–water partition coefficient (Wildman–Crippen LogP) is 1.07. The first-order valence-electron chi connectivity index (χ1n) is 5.61. The summed E-state index contributed by atoms with van der Waals surface area (Å²) in [5.74, 6) is 0.0578. The average molecular weight is 298 g/mol. The van der Waals surface area contributed by atoms with Crippen molar-refractivity contribution < 1.29 is 14.4 Å². The zero-order chi connectivity index (χ0) is 14.1. The van der Waals surface area contributed by atoms with Gasteiger partial charge in [-0.25, -0.2) is 4.98 Å². The smallest absolute Gasteiger partial charge is 0.414 e. The van der Waals surface area contributed by atoms with Crippen molar-refractivity contribution in [3.8, 4) is 11.9 Å². The summed E-state index contributed by atoms with van der Waals surface area (Å²) in [5.41, 5.74) is 0. The molecule has 10 heteroatoms. The molecule has 1 aliphatic heterocycles. The van der Waals surface area contributed by atoms with Crippen LogP contribution in [0.3, 0.4) is 0 Å². The van der Waals surface area contributed by atoms with E-state index in [1.165, 1.54) is 17.0 Å². The van der Waals surface area contributed by atoms with Gasteiger partial charge in [-0.3, -0.25) is 4.57 Å². The van der Waals surface area contributed by atoms with Crippen LogP contribution in [0.1, 0.15) is 0 Å². The van der Waals surface area contributed by atoms with Crippen molar-refractivity contribution in [1.29, 1.82) is 0 Å². The summed E-state index contributed by atoms with van der Waals surface area (Å²) >= 11 is 5.66. The SMILES string of the molecule is O=[N+]([O-])c1cn2c(n1)OCC(Oc1ccnc(Cl)n1)C2. The molecule has 0 saturated carbocycles. The fourth-order valence-corrected chi connectivity index (χ4v) is 1.93. The third kappa shape index (κ3) is 2.48. The highest BCUT2D eigenvalue weighted by atomic mass is 35.5. The molecule has 1 aliphatic rings. The van der Waals surface area contributed by atoms with Crippen molar-refractivity contribution >= 4 is 17.4 Å². The molecule has 0 radical (unpaired) electrons. The van der Waals surface area contributed by atoms with Gasteiger partial charge in [-0.15, -0.1) is 0 Å². The molecule has 0 N–H and O–H groups in total. The molecule has 3 rings (SSSR count). The Hall–Kier alpha value is -2.42. The fraction of sp³-hybridized carbons (Fsp3) is 0.300. The highest BCUT2D eigenvalue weighted by molar-refractivity contribution is 6.28. The van der Waals surface area contributed by atoms with Crippen molar-refractivity contribution in [3.05, 3.63) is 33.9 Å². The number of rotatable bonds is 3. The van der Waals surface area contributed by atoms with E-state index < -0.39 is 4.92 Å². The van der Waals surface area contributed by atoms with Crippen LogP contribution in [0.5, 0.6) is 11.9 Å². The second-order valence-corrected chi connectivity index (χ2v) is 4.34. The Morgan fingerprint density at radius 1 is 1.55 bits per heavy atom. The van der Waals surface area contributed by atoms with Gasteiger partial charge in [-0.1, -0.05) is 0 Å². The molecule has 0 aromatic carbocycles. The van der Waals surface area contributed by atoms with Crippen molar-refractivity contribution in [1.82, 2.24) is 19.5 Å². The van der Waals surface area contributed by atoms with Gasteiger partial charge >= 0.3 is 11.8 Å². The van der Waals surface area contributed by atoms with E-state index in [-0.39, 0.29) is 29.8 Å². The maximum atomic E-state index is 10.6. The van der Waals surface area contributed by atoms with Crippen LogP contribution in [-0.4, -0.2) is 37.2 Å². The summed E-state index contributed by atoms with van der Waals surface area (Å²) in [7, 11) is 0. The lowest BCUT2D eigenvalue weighted by atomic mass is 10.3. The first-order chi connectivity index (χ1) is 9.61. The quantitative estimate of drug-likeness (QED) is 0.474. The number of imidazole rings is 1. The van der Waals surface area contributed by atoms with Crippen LogP contribution in [0, 0.1) is 10.1 Å². The van der Waals surface area contributed by atoms with Gasteiger partial charge in [-0.2, -0.15) is 4.98 Å². The Morgan fingerprint density at radius 2 is 2.40 bits per heavy atom. The number of nitrogens with zero attached hydrogens (tertiary/aromatic N) is 5. The summed E-state index contributed by atoms with van der Waals surface area (Å²) in [4.78, 5) is 21.5. The zero-order valence-electron chi connectivity index (χ0n) is 9.97.